The number of amides is 1. The second-order valence-electron chi connectivity index (χ2n) is 10.2. The molecule has 4 aromatic rings. The Morgan fingerprint density at radius 2 is 1.73 bits per heavy atom. The summed E-state index contributed by atoms with van der Waals surface area (Å²) < 4.78 is 28.0. The molecule has 1 N–H and O–H groups in total. The van der Waals surface area contributed by atoms with Crippen molar-refractivity contribution in [1.29, 1.82) is 0 Å². The van der Waals surface area contributed by atoms with E-state index in [2.05, 4.69) is 19.8 Å². The Bertz CT molecular complexity index is 1520. The number of hydrogen-bond acceptors (Lipinski definition) is 6. The maximum atomic E-state index is 13.9. The number of halogens is 1. The van der Waals surface area contributed by atoms with Gasteiger partial charge in [-0.3, -0.25) is 9.00 Å². The summed E-state index contributed by atoms with van der Waals surface area (Å²) in [5.41, 5.74) is 4.45. The molecule has 5 rings (SSSR count). The van der Waals surface area contributed by atoms with Crippen LogP contribution in [0.4, 0.5) is 10.2 Å². The molecule has 2 aromatic heterocycles. The van der Waals surface area contributed by atoms with Crippen LogP contribution in [0.2, 0.25) is 0 Å². The minimum atomic E-state index is -1.02. The van der Waals surface area contributed by atoms with Crippen molar-refractivity contribution in [3.8, 4) is 22.5 Å². The van der Waals surface area contributed by atoms with Crippen LogP contribution in [0.3, 0.4) is 0 Å². The van der Waals surface area contributed by atoms with Crippen LogP contribution >= 0.6 is 11.8 Å². The van der Waals surface area contributed by atoms with Gasteiger partial charge in [-0.15, -0.1) is 0 Å². The van der Waals surface area contributed by atoms with Crippen molar-refractivity contribution >= 4 is 34.3 Å². The van der Waals surface area contributed by atoms with Crippen molar-refractivity contribution in [2.45, 2.75) is 48.5 Å². The summed E-state index contributed by atoms with van der Waals surface area (Å²) in [4.78, 5) is 24.5. The molecule has 2 aromatic carbocycles. The number of rotatable bonds is 10. The largest absolute Gasteiger partial charge is 0.317 e. The summed E-state index contributed by atoms with van der Waals surface area (Å²) in [6, 6.07) is 18.0. The van der Waals surface area contributed by atoms with Crippen molar-refractivity contribution in [2.24, 2.45) is 0 Å². The number of likely N-dealkylation sites (tertiary alicyclic amines) is 1. The van der Waals surface area contributed by atoms with E-state index in [1.165, 1.54) is 38.3 Å². The molecule has 1 fully saturated rings. The maximum Gasteiger partial charge on any atom is 0.222 e. The standard InChI is InChI=1S/C31H34FN5O2S2/c1-22(38)34-28-20-25(14-15-33-28)30-29(24-8-10-26(32)11-9-24)35-31(37(30)19-18-36-16-4-3-5-17-36)40-21-23-6-12-27(13-7-23)41(2)39/h6-15,20H,3-5,16-19,21H2,1-2H3,(H,33,34,38). The SMILES string of the molecule is CC(=O)Nc1cc(-c2c(-c3ccc(F)cc3)nc(SCc3ccc(S(C)=O)cc3)n2CCN2CCCCC2)ccn1. The minimum Gasteiger partial charge on any atom is -0.317 e. The molecule has 1 atom stereocenters. The van der Waals surface area contributed by atoms with E-state index in [0.717, 1.165) is 64.3 Å². The quantitative estimate of drug-likeness (QED) is 0.221. The average Bonchev–Trinajstić information content (AvgIpc) is 3.34. The number of pyridine rings is 1. The molecule has 1 amide bonds. The van der Waals surface area contributed by atoms with Gasteiger partial charge in [-0.1, -0.05) is 30.3 Å². The zero-order valence-electron chi connectivity index (χ0n) is 23.3. The van der Waals surface area contributed by atoms with E-state index in [4.69, 9.17) is 4.98 Å². The molecule has 0 aliphatic carbocycles. The third-order valence-corrected chi connectivity index (χ3v) is 9.08. The molecule has 41 heavy (non-hydrogen) atoms. The molecule has 1 aliphatic heterocycles. The number of carbonyl (C=O) groups is 1. The van der Waals surface area contributed by atoms with Crippen LogP contribution in [0, 0.1) is 5.82 Å². The fourth-order valence-electron chi connectivity index (χ4n) is 5.03. The van der Waals surface area contributed by atoms with E-state index in [9.17, 15) is 13.4 Å². The van der Waals surface area contributed by atoms with Gasteiger partial charge in [0, 0.05) is 65.0 Å². The number of thioether (sulfide) groups is 1. The van der Waals surface area contributed by atoms with Crippen LogP contribution in [-0.2, 0) is 27.9 Å². The molecule has 0 radical (unpaired) electrons. The van der Waals surface area contributed by atoms with Crippen LogP contribution < -0.4 is 5.32 Å². The van der Waals surface area contributed by atoms with Gasteiger partial charge >= 0.3 is 0 Å². The first-order valence-electron chi connectivity index (χ1n) is 13.8. The predicted molar refractivity (Wildman–Crippen MR) is 164 cm³/mol. The molecule has 10 heteroatoms. The lowest BCUT2D eigenvalue weighted by atomic mass is 10.1. The van der Waals surface area contributed by atoms with E-state index in [0.29, 0.717) is 11.6 Å². The van der Waals surface area contributed by atoms with Crippen molar-refractivity contribution in [2.75, 3.05) is 31.2 Å². The third kappa shape index (κ3) is 7.49. The monoisotopic (exact) mass is 591 g/mol. The Labute approximate surface area is 247 Å². The first kappa shape index (κ1) is 29.2. The number of hydrogen-bond donors (Lipinski definition) is 1. The van der Waals surface area contributed by atoms with E-state index in [1.54, 1.807) is 36.3 Å². The molecule has 0 bridgehead atoms. The zero-order valence-corrected chi connectivity index (χ0v) is 24.9. The Morgan fingerprint density at radius 3 is 2.41 bits per heavy atom. The molecular weight excluding hydrogens is 558 g/mol. The normalized spacial score (nSPS) is 14.6. The number of aromatic nitrogens is 3. The number of piperidine rings is 1. The van der Waals surface area contributed by atoms with Gasteiger partial charge < -0.3 is 14.8 Å². The van der Waals surface area contributed by atoms with Crippen molar-refractivity contribution in [3.05, 3.63) is 78.2 Å². The van der Waals surface area contributed by atoms with Gasteiger partial charge in [0.1, 0.15) is 11.6 Å². The van der Waals surface area contributed by atoms with Gasteiger partial charge in [-0.25, -0.2) is 14.4 Å². The molecule has 1 aliphatic rings. The Kier molecular flexibility index (Phi) is 9.64. The van der Waals surface area contributed by atoms with Crippen molar-refractivity contribution in [3.63, 3.8) is 0 Å². The molecule has 0 spiro atoms. The van der Waals surface area contributed by atoms with Gasteiger partial charge in [-0.05, 0) is 80.0 Å². The highest BCUT2D eigenvalue weighted by Gasteiger charge is 2.22. The van der Waals surface area contributed by atoms with E-state index in [-0.39, 0.29) is 11.7 Å². The summed E-state index contributed by atoms with van der Waals surface area (Å²) in [6.07, 6.45) is 7.06. The summed E-state index contributed by atoms with van der Waals surface area (Å²) in [6.45, 7) is 5.26. The lowest BCUT2D eigenvalue weighted by molar-refractivity contribution is -0.114. The minimum absolute atomic E-state index is 0.193. The van der Waals surface area contributed by atoms with Crippen LogP contribution in [0.25, 0.3) is 22.5 Å². The molecule has 0 saturated carbocycles. The Balaban J connectivity index is 1.57. The van der Waals surface area contributed by atoms with Gasteiger partial charge in [0.2, 0.25) is 5.91 Å². The van der Waals surface area contributed by atoms with Crippen molar-refractivity contribution < 1.29 is 13.4 Å². The number of anilines is 1. The topological polar surface area (TPSA) is 80.1 Å². The Morgan fingerprint density at radius 1 is 1.00 bits per heavy atom. The van der Waals surface area contributed by atoms with Gasteiger partial charge in [0.25, 0.3) is 0 Å². The van der Waals surface area contributed by atoms with Crippen LogP contribution in [-0.4, -0.2) is 55.4 Å². The fraction of sp³-hybridized carbons (Fsp3) is 0.323. The van der Waals surface area contributed by atoms with E-state index >= 15 is 0 Å². The number of carbonyl (C=O) groups excluding carboxylic acids is 1. The fourth-order valence-corrected chi connectivity index (χ4v) is 6.53. The predicted octanol–water partition coefficient (Wildman–Crippen LogP) is 6.23. The summed E-state index contributed by atoms with van der Waals surface area (Å²) in [5.74, 6) is 0.656. The highest BCUT2D eigenvalue weighted by Crippen LogP contribution is 2.37. The second-order valence-corrected chi connectivity index (χ2v) is 12.5. The summed E-state index contributed by atoms with van der Waals surface area (Å²) in [7, 11) is -1.02. The molecule has 7 nitrogen and oxygen atoms in total. The zero-order chi connectivity index (χ0) is 28.8. The molecular formula is C31H34FN5O2S2. The first-order chi connectivity index (χ1) is 19.9. The molecule has 3 heterocycles. The Hall–Kier alpha value is -3.34. The van der Waals surface area contributed by atoms with E-state index < -0.39 is 10.8 Å². The van der Waals surface area contributed by atoms with Gasteiger partial charge in [0.05, 0.1) is 11.4 Å². The average molecular weight is 592 g/mol. The lowest BCUT2D eigenvalue weighted by Gasteiger charge is -2.27. The smallest absolute Gasteiger partial charge is 0.222 e. The van der Waals surface area contributed by atoms with Gasteiger partial charge in [0.15, 0.2) is 5.16 Å². The lowest BCUT2D eigenvalue weighted by Crippen LogP contribution is -2.32. The number of nitrogens with one attached hydrogen (secondary N) is 1. The second kappa shape index (κ2) is 13.5. The number of nitrogens with zero attached hydrogens (tertiary/aromatic N) is 4. The number of imidazole rings is 1. The molecule has 1 unspecified atom stereocenters. The molecule has 214 valence electrons. The molecule has 1 saturated heterocycles. The highest BCUT2D eigenvalue weighted by molar-refractivity contribution is 7.98. The van der Waals surface area contributed by atoms with Crippen LogP contribution in [0.1, 0.15) is 31.7 Å². The first-order valence-corrected chi connectivity index (χ1v) is 16.3. The summed E-state index contributed by atoms with van der Waals surface area (Å²) in [5, 5.41) is 3.64. The maximum absolute atomic E-state index is 13.9. The van der Waals surface area contributed by atoms with Crippen LogP contribution in [0.15, 0.2) is 76.9 Å². The van der Waals surface area contributed by atoms with Crippen LogP contribution in [0.5, 0.6) is 0 Å². The summed E-state index contributed by atoms with van der Waals surface area (Å²) >= 11 is 1.64. The third-order valence-electron chi connectivity index (χ3n) is 7.10. The number of benzene rings is 2. The van der Waals surface area contributed by atoms with Crippen molar-refractivity contribution in [1.82, 2.24) is 19.4 Å². The van der Waals surface area contributed by atoms with Gasteiger partial charge in [-0.2, -0.15) is 0 Å². The van der Waals surface area contributed by atoms with E-state index in [1.807, 2.05) is 36.4 Å². The highest BCUT2D eigenvalue weighted by atomic mass is 32.2.